The molecule has 184 valence electrons. The number of nitrogens with zero attached hydrogens (tertiary/aromatic N) is 4. The van der Waals surface area contributed by atoms with E-state index < -0.39 is 52.2 Å². The molecule has 2 aromatic heterocycles. The Kier molecular flexibility index (Phi) is 7.29. The molecule has 16 heteroatoms. The maximum Gasteiger partial charge on any atom is 0.340 e. The second-order valence-electron chi connectivity index (χ2n) is 8.40. The van der Waals surface area contributed by atoms with Gasteiger partial charge in [-0.1, -0.05) is 25.7 Å². The molecule has 2 fully saturated rings. The molecule has 1 saturated heterocycles. The average Bonchev–Trinajstić information content (AvgIpc) is 3.40. The third-order valence-corrected chi connectivity index (χ3v) is 9.46. The summed E-state index contributed by atoms with van der Waals surface area (Å²) in [6.07, 6.45) is 1.19. The van der Waals surface area contributed by atoms with Crippen LogP contribution in [0.3, 0.4) is 0 Å². The molecule has 0 aromatic carbocycles. The molecule has 2 aromatic rings. The van der Waals surface area contributed by atoms with E-state index in [1.54, 1.807) is 0 Å². The van der Waals surface area contributed by atoms with Crippen molar-refractivity contribution in [2.24, 2.45) is 5.92 Å². The fraction of sp³-hybridized carbons (Fsp3) is 0.706. The molecule has 0 bridgehead atoms. The van der Waals surface area contributed by atoms with E-state index in [0.717, 1.165) is 12.8 Å². The average molecular weight is 527 g/mol. The molecule has 33 heavy (non-hydrogen) atoms. The number of hydrogen-bond acceptors (Lipinski definition) is 9. The zero-order chi connectivity index (χ0) is 24.0. The quantitative estimate of drug-likeness (QED) is 0.243. The molecule has 0 amide bonds. The Bertz CT molecular complexity index is 1110. The number of aliphatic hydroxyl groups excluding tert-OH is 2. The minimum Gasteiger partial charge on any atom is -0.387 e. The standard InChI is InChI=1S/C17H25ClN4O9P2/c18-17-20-10(5-9-3-1-2-4-9)12-15(21-17)22(7-19-12)16-14(24)13(23)11(31-16)6-30-33(28,29)8-32(25,26)27/h7,9,11,13-14,16,23-24H,1-6,8H2,(H,28,29)(H2,25,26,27)/t11-,13-,14-,16-/m1/s1. The van der Waals surface area contributed by atoms with Crippen LogP contribution in [0.5, 0.6) is 0 Å². The first-order valence-corrected chi connectivity index (χ1v) is 14.3. The number of hydrogen-bond donors (Lipinski definition) is 5. The van der Waals surface area contributed by atoms with Crippen LogP contribution in [0.1, 0.15) is 37.6 Å². The van der Waals surface area contributed by atoms with Crippen molar-refractivity contribution in [1.29, 1.82) is 0 Å². The number of fused-ring (bicyclic) bond motifs is 1. The van der Waals surface area contributed by atoms with Crippen LogP contribution in [0.25, 0.3) is 11.2 Å². The molecule has 3 heterocycles. The van der Waals surface area contributed by atoms with E-state index in [-0.39, 0.29) is 5.28 Å². The predicted molar refractivity (Wildman–Crippen MR) is 115 cm³/mol. The SMILES string of the molecule is O=P(O)(O)CP(=O)(O)OC[C@H]1O[C@@H](n2cnc3c(CC4CCCC4)nc(Cl)nc32)[C@H](O)[C@@H]1O. The lowest BCUT2D eigenvalue weighted by Gasteiger charge is -2.18. The van der Waals surface area contributed by atoms with Gasteiger partial charge in [-0.05, 0) is 23.9 Å². The van der Waals surface area contributed by atoms with Crippen molar-refractivity contribution >= 4 is 38.0 Å². The second kappa shape index (κ2) is 9.58. The van der Waals surface area contributed by atoms with Gasteiger partial charge in [0.1, 0.15) is 23.8 Å². The topological polar surface area (TPSA) is 197 Å². The van der Waals surface area contributed by atoms with Crippen LogP contribution < -0.4 is 0 Å². The van der Waals surface area contributed by atoms with Gasteiger partial charge in [0.15, 0.2) is 17.8 Å². The van der Waals surface area contributed by atoms with Crippen molar-refractivity contribution in [3.63, 3.8) is 0 Å². The molecule has 2 aliphatic rings. The first-order chi connectivity index (χ1) is 15.4. The van der Waals surface area contributed by atoms with E-state index in [1.807, 2.05) is 0 Å². The van der Waals surface area contributed by atoms with Gasteiger partial charge in [0.25, 0.3) is 0 Å². The maximum atomic E-state index is 11.9. The van der Waals surface area contributed by atoms with Gasteiger partial charge in [-0.15, -0.1) is 0 Å². The van der Waals surface area contributed by atoms with Gasteiger partial charge in [0.2, 0.25) is 5.28 Å². The fourth-order valence-corrected chi connectivity index (χ4v) is 7.07. The number of ether oxygens (including phenoxy) is 1. The highest BCUT2D eigenvalue weighted by molar-refractivity contribution is 7.70. The van der Waals surface area contributed by atoms with Crippen molar-refractivity contribution in [3.05, 3.63) is 17.3 Å². The lowest BCUT2D eigenvalue weighted by Crippen LogP contribution is -2.33. The summed E-state index contributed by atoms with van der Waals surface area (Å²) < 4.78 is 34.6. The Morgan fingerprint density at radius 2 is 1.85 bits per heavy atom. The van der Waals surface area contributed by atoms with E-state index in [2.05, 4.69) is 15.0 Å². The van der Waals surface area contributed by atoms with Crippen molar-refractivity contribution in [1.82, 2.24) is 19.5 Å². The summed E-state index contributed by atoms with van der Waals surface area (Å²) in [6.45, 7) is -0.683. The summed E-state index contributed by atoms with van der Waals surface area (Å²) in [4.78, 5) is 40.3. The van der Waals surface area contributed by atoms with E-state index in [4.69, 9.17) is 30.6 Å². The van der Waals surface area contributed by atoms with Crippen LogP contribution in [-0.2, 0) is 24.8 Å². The second-order valence-corrected chi connectivity index (χ2v) is 12.7. The fourth-order valence-electron chi connectivity index (χ4n) is 4.32. The number of halogens is 1. The molecule has 1 aliphatic carbocycles. The Labute approximate surface area is 193 Å². The van der Waals surface area contributed by atoms with Crippen LogP contribution >= 0.6 is 26.8 Å². The molecule has 5 N–H and O–H groups in total. The minimum atomic E-state index is -4.81. The van der Waals surface area contributed by atoms with Gasteiger partial charge in [-0.25, -0.2) is 9.97 Å². The van der Waals surface area contributed by atoms with E-state index in [1.165, 1.54) is 23.7 Å². The summed E-state index contributed by atoms with van der Waals surface area (Å²) in [5, 5.41) is 20.9. The summed E-state index contributed by atoms with van der Waals surface area (Å²) in [7, 11) is -9.46. The molecule has 0 radical (unpaired) electrons. The van der Waals surface area contributed by atoms with Gasteiger partial charge >= 0.3 is 15.2 Å². The molecule has 1 unspecified atom stereocenters. The molecule has 5 atom stereocenters. The largest absolute Gasteiger partial charge is 0.387 e. The van der Waals surface area contributed by atoms with E-state index in [0.29, 0.717) is 29.2 Å². The maximum absolute atomic E-state index is 11.9. The minimum absolute atomic E-state index is 0.00354. The van der Waals surface area contributed by atoms with Crippen molar-refractivity contribution in [2.45, 2.75) is 56.6 Å². The van der Waals surface area contributed by atoms with Crippen LogP contribution in [0.4, 0.5) is 0 Å². The molecule has 13 nitrogen and oxygen atoms in total. The first-order valence-electron chi connectivity index (χ1n) is 10.3. The van der Waals surface area contributed by atoms with Crippen LogP contribution in [-0.4, -0.2) is 75.2 Å². The smallest absolute Gasteiger partial charge is 0.340 e. The molecule has 0 spiro atoms. The summed E-state index contributed by atoms with van der Waals surface area (Å²) in [5.74, 6) is -0.900. The Morgan fingerprint density at radius 3 is 2.52 bits per heavy atom. The molecular formula is C17H25ClN4O9P2. The predicted octanol–water partition coefficient (Wildman–Crippen LogP) is 1.17. The summed E-state index contributed by atoms with van der Waals surface area (Å²) >= 11 is 6.13. The summed E-state index contributed by atoms with van der Waals surface area (Å²) in [6, 6.07) is 0. The van der Waals surface area contributed by atoms with Crippen molar-refractivity contribution < 1.29 is 43.3 Å². The monoisotopic (exact) mass is 526 g/mol. The van der Waals surface area contributed by atoms with E-state index in [9.17, 15) is 24.2 Å². The van der Waals surface area contributed by atoms with Crippen molar-refractivity contribution in [2.75, 3.05) is 12.5 Å². The van der Waals surface area contributed by atoms with Gasteiger partial charge in [-0.2, -0.15) is 4.98 Å². The van der Waals surface area contributed by atoms with Crippen molar-refractivity contribution in [3.8, 4) is 0 Å². The third kappa shape index (κ3) is 5.82. The zero-order valence-electron chi connectivity index (χ0n) is 17.3. The number of rotatable bonds is 8. The molecule has 4 rings (SSSR count). The van der Waals surface area contributed by atoms with Crippen LogP contribution in [0, 0.1) is 5.92 Å². The molecule has 1 saturated carbocycles. The number of aliphatic hydroxyl groups is 2. The highest BCUT2D eigenvalue weighted by Gasteiger charge is 2.45. The highest BCUT2D eigenvalue weighted by atomic mass is 35.5. The van der Waals surface area contributed by atoms with Gasteiger partial charge < -0.3 is 34.2 Å². The lowest BCUT2D eigenvalue weighted by molar-refractivity contribution is -0.0483. The number of imidazole rings is 1. The van der Waals surface area contributed by atoms with Gasteiger partial charge in [0, 0.05) is 0 Å². The Morgan fingerprint density at radius 1 is 1.15 bits per heavy atom. The zero-order valence-corrected chi connectivity index (χ0v) is 19.9. The number of aromatic nitrogens is 4. The Balaban J connectivity index is 1.53. The first kappa shape index (κ1) is 25.1. The molecule has 1 aliphatic heterocycles. The van der Waals surface area contributed by atoms with Crippen LogP contribution in [0.2, 0.25) is 5.28 Å². The van der Waals surface area contributed by atoms with Gasteiger partial charge in [0.05, 0.1) is 18.6 Å². The summed E-state index contributed by atoms with van der Waals surface area (Å²) in [5.41, 5.74) is 1.48. The lowest BCUT2D eigenvalue weighted by atomic mass is 10.0. The molecular weight excluding hydrogens is 502 g/mol. The normalized spacial score (nSPS) is 28.5. The highest BCUT2D eigenvalue weighted by Crippen LogP contribution is 2.55. The Hall–Kier alpha value is -0.980. The van der Waals surface area contributed by atoms with Crippen LogP contribution in [0.15, 0.2) is 6.33 Å². The third-order valence-electron chi connectivity index (χ3n) is 5.84. The van der Waals surface area contributed by atoms with E-state index >= 15 is 0 Å². The van der Waals surface area contributed by atoms with Gasteiger partial charge in [-0.3, -0.25) is 13.7 Å².